The molecule has 1 fully saturated rings. The van der Waals surface area contributed by atoms with Crippen LogP contribution in [0.3, 0.4) is 0 Å². The summed E-state index contributed by atoms with van der Waals surface area (Å²) in [6.45, 7) is 2.07. The molecule has 4 rings (SSSR count). The van der Waals surface area contributed by atoms with Crippen molar-refractivity contribution in [1.82, 2.24) is 24.7 Å². The Labute approximate surface area is 132 Å². The summed E-state index contributed by atoms with van der Waals surface area (Å²) in [5.74, 6) is 1.12. The van der Waals surface area contributed by atoms with Crippen molar-refractivity contribution in [2.45, 2.75) is 13.5 Å². The minimum absolute atomic E-state index is 0.162. The summed E-state index contributed by atoms with van der Waals surface area (Å²) >= 11 is 2.30. The standard InChI is InChI=1S/C12H9N5O3S2/c1-6-2-3-20-9(6)10-13-14-11-17(10)15-7(22-11)4-16-8(18)5-21-12(16)19/h2-3H,4-5H2,1H3. The summed E-state index contributed by atoms with van der Waals surface area (Å²) in [6, 6.07) is 1.84. The molecule has 0 aromatic carbocycles. The zero-order valence-corrected chi connectivity index (χ0v) is 13.0. The van der Waals surface area contributed by atoms with Crippen molar-refractivity contribution < 1.29 is 14.0 Å². The molecule has 1 aliphatic heterocycles. The number of nitrogens with zero attached hydrogens (tertiary/aromatic N) is 5. The van der Waals surface area contributed by atoms with Gasteiger partial charge in [-0.1, -0.05) is 23.1 Å². The van der Waals surface area contributed by atoms with Crippen LogP contribution in [0.4, 0.5) is 4.79 Å². The molecule has 0 saturated carbocycles. The Morgan fingerprint density at radius 2 is 2.23 bits per heavy atom. The van der Waals surface area contributed by atoms with Gasteiger partial charge in [-0.25, -0.2) is 0 Å². The molecule has 112 valence electrons. The number of carbonyl (C=O) groups is 2. The third kappa shape index (κ3) is 2.03. The van der Waals surface area contributed by atoms with Crippen LogP contribution in [0.2, 0.25) is 0 Å². The molecule has 3 aromatic heterocycles. The van der Waals surface area contributed by atoms with Gasteiger partial charge in [-0.2, -0.15) is 9.61 Å². The Bertz CT molecular complexity index is 880. The number of carbonyl (C=O) groups excluding carboxylic acids is 2. The van der Waals surface area contributed by atoms with Gasteiger partial charge < -0.3 is 4.42 Å². The molecule has 8 nitrogen and oxygen atoms in total. The Balaban J connectivity index is 1.70. The van der Waals surface area contributed by atoms with Crippen molar-refractivity contribution >= 4 is 39.2 Å². The number of fused-ring (bicyclic) bond motifs is 1. The average molecular weight is 335 g/mol. The maximum absolute atomic E-state index is 11.7. The summed E-state index contributed by atoms with van der Waals surface area (Å²) in [5, 5.41) is 12.9. The van der Waals surface area contributed by atoms with Gasteiger partial charge in [0.15, 0.2) is 5.76 Å². The van der Waals surface area contributed by atoms with E-state index in [1.54, 1.807) is 10.8 Å². The predicted molar refractivity (Wildman–Crippen MR) is 79.5 cm³/mol. The topological polar surface area (TPSA) is 93.6 Å². The van der Waals surface area contributed by atoms with Gasteiger partial charge in [-0.3, -0.25) is 14.5 Å². The molecule has 4 heterocycles. The smallest absolute Gasteiger partial charge is 0.289 e. The van der Waals surface area contributed by atoms with Crippen LogP contribution >= 0.6 is 23.1 Å². The lowest BCUT2D eigenvalue weighted by Gasteiger charge is -2.09. The zero-order valence-electron chi connectivity index (χ0n) is 11.3. The van der Waals surface area contributed by atoms with E-state index in [-0.39, 0.29) is 23.4 Å². The number of hydrogen-bond acceptors (Lipinski definition) is 8. The van der Waals surface area contributed by atoms with Crippen LogP contribution in [0.5, 0.6) is 0 Å². The van der Waals surface area contributed by atoms with Crippen molar-refractivity contribution in [2.75, 3.05) is 5.75 Å². The van der Waals surface area contributed by atoms with Gasteiger partial charge >= 0.3 is 0 Å². The van der Waals surface area contributed by atoms with Gasteiger partial charge in [-0.15, -0.1) is 10.2 Å². The SMILES string of the molecule is Cc1ccoc1-c1nnc2sc(CN3C(=O)CSC3=O)nn12. The number of imide groups is 1. The molecule has 0 spiro atoms. The summed E-state index contributed by atoms with van der Waals surface area (Å²) < 4.78 is 6.99. The van der Waals surface area contributed by atoms with E-state index in [9.17, 15) is 9.59 Å². The van der Waals surface area contributed by atoms with Gasteiger partial charge in [0.05, 0.1) is 18.6 Å². The first kappa shape index (κ1) is 13.5. The molecule has 0 atom stereocenters. The molecule has 22 heavy (non-hydrogen) atoms. The van der Waals surface area contributed by atoms with E-state index in [2.05, 4.69) is 15.3 Å². The van der Waals surface area contributed by atoms with Gasteiger partial charge in [0.1, 0.15) is 5.01 Å². The Morgan fingerprint density at radius 3 is 2.91 bits per heavy atom. The van der Waals surface area contributed by atoms with Crippen LogP contribution in [0.15, 0.2) is 16.7 Å². The first-order valence-corrected chi connectivity index (χ1v) is 8.16. The van der Waals surface area contributed by atoms with Crippen LogP contribution in [-0.4, -0.2) is 41.6 Å². The molecular formula is C12H9N5O3S2. The van der Waals surface area contributed by atoms with Crippen molar-refractivity contribution in [3.8, 4) is 11.6 Å². The van der Waals surface area contributed by atoms with E-state index in [1.165, 1.54) is 16.2 Å². The first-order valence-electron chi connectivity index (χ1n) is 6.36. The van der Waals surface area contributed by atoms with E-state index in [0.717, 1.165) is 17.3 Å². The molecule has 0 radical (unpaired) electrons. The van der Waals surface area contributed by atoms with Crippen molar-refractivity contribution in [3.05, 3.63) is 22.9 Å². The Hall–Kier alpha value is -2.20. The number of aryl methyl sites for hydroxylation is 1. The van der Waals surface area contributed by atoms with E-state index in [0.29, 0.717) is 21.6 Å². The number of furan rings is 1. The third-order valence-corrected chi connectivity index (χ3v) is 4.97. The normalized spacial score (nSPS) is 15.4. The summed E-state index contributed by atoms with van der Waals surface area (Å²) in [6.07, 6.45) is 1.58. The van der Waals surface area contributed by atoms with Crippen LogP contribution in [-0.2, 0) is 11.3 Å². The number of amides is 2. The van der Waals surface area contributed by atoms with Crippen LogP contribution < -0.4 is 0 Å². The van der Waals surface area contributed by atoms with Crippen molar-refractivity contribution in [3.63, 3.8) is 0 Å². The van der Waals surface area contributed by atoms with Gasteiger partial charge in [0, 0.05) is 0 Å². The molecule has 1 saturated heterocycles. The first-order chi connectivity index (χ1) is 10.6. The molecule has 0 N–H and O–H groups in total. The Kier molecular flexibility index (Phi) is 3.01. The van der Waals surface area contributed by atoms with Crippen molar-refractivity contribution in [1.29, 1.82) is 0 Å². The van der Waals surface area contributed by atoms with Crippen molar-refractivity contribution in [2.24, 2.45) is 0 Å². The fourth-order valence-corrected chi connectivity index (χ4v) is 3.68. The van der Waals surface area contributed by atoms with Crippen LogP contribution in [0, 0.1) is 6.92 Å². The summed E-state index contributed by atoms with van der Waals surface area (Å²) in [5.41, 5.74) is 0.935. The van der Waals surface area contributed by atoms with Gasteiger partial charge in [-0.05, 0) is 18.6 Å². The highest BCUT2D eigenvalue weighted by molar-refractivity contribution is 8.14. The highest BCUT2D eigenvalue weighted by Crippen LogP contribution is 2.27. The second kappa shape index (κ2) is 4.92. The minimum Gasteiger partial charge on any atom is -0.461 e. The summed E-state index contributed by atoms with van der Waals surface area (Å²) in [7, 11) is 0. The molecule has 10 heteroatoms. The van der Waals surface area contributed by atoms with E-state index >= 15 is 0 Å². The highest BCUT2D eigenvalue weighted by atomic mass is 32.2. The Morgan fingerprint density at radius 1 is 1.36 bits per heavy atom. The van der Waals surface area contributed by atoms with E-state index < -0.39 is 0 Å². The average Bonchev–Trinajstić information content (AvgIpc) is 3.21. The molecule has 3 aromatic rings. The zero-order chi connectivity index (χ0) is 15.3. The number of hydrogen-bond donors (Lipinski definition) is 0. The van der Waals surface area contributed by atoms with Crippen LogP contribution in [0.25, 0.3) is 16.5 Å². The van der Waals surface area contributed by atoms with E-state index in [1.807, 2.05) is 13.0 Å². The lowest BCUT2D eigenvalue weighted by molar-refractivity contribution is -0.125. The monoisotopic (exact) mass is 335 g/mol. The molecule has 1 aliphatic rings. The second-order valence-corrected chi connectivity index (χ2v) is 6.65. The highest BCUT2D eigenvalue weighted by Gasteiger charge is 2.31. The maximum Gasteiger partial charge on any atom is 0.289 e. The van der Waals surface area contributed by atoms with E-state index in [4.69, 9.17) is 4.42 Å². The molecule has 2 amide bonds. The minimum atomic E-state index is -0.238. The molecular weight excluding hydrogens is 326 g/mol. The molecule has 0 aliphatic carbocycles. The number of rotatable bonds is 3. The quantitative estimate of drug-likeness (QED) is 0.722. The lowest BCUT2D eigenvalue weighted by Crippen LogP contribution is -2.27. The third-order valence-electron chi connectivity index (χ3n) is 3.23. The fraction of sp³-hybridized carbons (Fsp3) is 0.250. The van der Waals surface area contributed by atoms with Gasteiger partial charge in [0.2, 0.25) is 16.7 Å². The summed E-state index contributed by atoms with van der Waals surface area (Å²) in [4.78, 5) is 25.1. The largest absolute Gasteiger partial charge is 0.461 e. The fourth-order valence-electron chi connectivity index (χ4n) is 2.13. The molecule has 0 unspecified atom stereocenters. The number of aromatic nitrogens is 4. The predicted octanol–water partition coefficient (Wildman–Crippen LogP) is 1.95. The van der Waals surface area contributed by atoms with Crippen LogP contribution in [0.1, 0.15) is 10.6 Å². The molecule has 0 bridgehead atoms. The lowest BCUT2D eigenvalue weighted by atomic mass is 10.3. The second-order valence-electron chi connectivity index (χ2n) is 4.68. The number of thioether (sulfide) groups is 1. The maximum atomic E-state index is 11.7. The van der Waals surface area contributed by atoms with Gasteiger partial charge in [0.25, 0.3) is 5.24 Å².